The van der Waals surface area contributed by atoms with Crippen LogP contribution in [0.4, 0.5) is 0 Å². The summed E-state index contributed by atoms with van der Waals surface area (Å²) in [6, 6.07) is 8.42. The van der Waals surface area contributed by atoms with Crippen molar-refractivity contribution in [1.29, 1.82) is 0 Å². The van der Waals surface area contributed by atoms with Crippen molar-refractivity contribution >= 4 is 23.1 Å². The Kier molecular flexibility index (Phi) is 3.77. The average molecular weight is 236 g/mol. The molecule has 0 aliphatic carbocycles. The molecule has 0 aliphatic rings. The Morgan fingerprint density at radius 2 is 2.27 bits per heavy atom. The third kappa shape index (κ3) is 2.81. The third-order valence-electron chi connectivity index (χ3n) is 1.95. The standard InChI is InChI=1S/C11H12N2S2/c1-12-8-9-4-2-3-5-10(9)15-11-13-6-7-14-11/h2-7,12H,8H2,1H3. The highest BCUT2D eigenvalue weighted by molar-refractivity contribution is 8.01. The van der Waals surface area contributed by atoms with Crippen LogP contribution in [-0.4, -0.2) is 12.0 Å². The van der Waals surface area contributed by atoms with Gasteiger partial charge >= 0.3 is 0 Å². The van der Waals surface area contributed by atoms with Crippen LogP contribution in [0.3, 0.4) is 0 Å². The third-order valence-corrected chi connectivity index (χ3v) is 3.95. The van der Waals surface area contributed by atoms with Crippen LogP contribution in [0.25, 0.3) is 0 Å². The SMILES string of the molecule is CNCc1ccccc1Sc1nccs1. The first-order valence-electron chi connectivity index (χ1n) is 4.70. The van der Waals surface area contributed by atoms with E-state index in [2.05, 4.69) is 34.6 Å². The molecule has 0 amide bonds. The summed E-state index contributed by atoms with van der Waals surface area (Å²) in [6.07, 6.45) is 1.84. The Hall–Kier alpha value is -0.840. The van der Waals surface area contributed by atoms with Crippen molar-refractivity contribution in [1.82, 2.24) is 10.3 Å². The molecular formula is C11H12N2S2. The molecule has 0 spiro atoms. The molecule has 0 aliphatic heterocycles. The Morgan fingerprint density at radius 3 is 3.00 bits per heavy atom. The maximum atomic E-state index is 4.27. The van der Waals surface area contributed by atoms with Gasteiger partial charge in [-0.25, -0.2) is 4.98 Å². The van der Waals surface area contributed by atoms with E-state index in [1.807, 2.05) is 18.6 Å². The van der Waals surface area contributed by atoms with Gasteiger partial charge in [-0.3, -0.25) is 0 Å². The van der Waals surface area contributed by atoms with Gasteiger partial charge in [-0.1, -0.05) is 30.0 Å². The van der Waals surface area contributed by atoms with E-state index in [-0.39, 0.29) is 0 Å². The average Bonchev–Trinajstić information content (AvgIpc) is 2.74. The highest BCUT2D eigenvalue weighted by Gasteiger charge is 2.04. The summed E-state index contributed by atoms with van der Waals surface area (Å²) in [5.74, 6) is 0. The monoisotopic (exact) mass is 236 g/mol. The number of nitrogens with zero attached hydrogens (tertiary/aromatic N) is 1. The van der Waals surface area contributed by atoms with E-state index in [4.69, 9.17) is 0 Å². The summed E-state index contributed by atoms with van der Waals surface area (Å²) in [6.45, 7) is 0.897. The smallest absolute Gasteiger partial charge is 0.154 e. The molecule has 2 rings (SSSR count). The van der Waals surface area contributed by atoms with Gasteiger partial charge in [0, 0.05) is 23.0 Å². The minimum absolute atomic E-state index is 0.897. The molecule has 1 aromatic carbocycles. The van der Waals surface area contributed by atoms with E-state index >= 15 is 0 Å². The molecule has 2 nitrogen and oxygen atoms in total. The van der Waals surface area contributed by atoms with Crippen LogP contribution in [-0.2, 0) is 6.54 Å². The van der Waals surface area contributed by atoms with Crippen LogP contribution in [0, 0.1) is 0 Å². The maximum Gasteiger partial charge on any atom is 0.154 e. The normalized spacial score (nSPS) is 10.5. The van der Waals surface area contributed by atoms with Gasteiger partial charge in [0.1, 0.15) is 0 Å². The minimum atomic E-state index is 0.897. The lowest BCUT2D eigenvalue weighted by Crippen LogP contribution is -2.05. The van der Waals surface area contributed by atoms with Crippen molar-refractivity contribution in [3.8, 4) is 0 Å². The van der Waals surface area contributed by atoms with Crippen LogP contribution in [0.15, 0.2) is 45.1 Å². The highest BCUT2D eigenvalue weighted by atomic mass is 32.2. The summed E-state index contributed by atoms with van der Waals surface area (Å²) >= 11 is 3.40. The van der Waals surface area contributed by atoms with Gasteiger partial charge in [0.05, 0.1) is 0 Å². The predicted octanol–water partition coefficient (Wildman–Crippen LogP) is 3.01. The zero-order valence-corrected chi connectivity index (χ0v) is 10.1. The summed E-state index contributed by atoms with van der Waals surface area (Å²) in [5, 5.41) is 5.18. The fourth-order valence-electron chi connectivity index (χ4n) is 1.29. The second kappa shape index (κ2) is 5.30. The summed E-state index contributed by atoms with van der Waals surface area (Å²) in [4.78, 5) is 5.55. The molecule has 0 saturated carbocycles. The molecule has 0 fully saturated rings. The topological polar surface area (TPSA) is 24.9 Å². The largest absolute Gasteiger partial charge is 0.316 e. The summed E-state index contributed by atoms with van der Waals surface area (Å²) < 4.78 is 1.10. The zero-order chi connectivity index (χ0) is 10.5. The zero-order valence-electron chi connectivity index (χ0n) is 8.43. The van der Waals surface area contributed by atoms with Crippen molar-refractivity contribution in [3.05, 3.63) is 41.4 Å². The van der Waals surface area contributed by atoms with Gasteiger partial charge in [-0.15, -0.1) is 11.3 Å². The quantitative estimate of drug-likeness (QED) is 0.883. The first-order chi connectivity index (χ1) is 7.40. The Bertz CT molecular complexity index is 412. The van der Waals surface area contributed by atoms with Crippen molar-refractivity contribution in [2.75, 3.05) is 7.05 Å². The number of nitrogens with one attached hydrogen (secondary N) is 1. The van der Waals surface area contributed by atoms with Crippen LogP contribution >= 0.6 is 23.1 Å². The predicted molar refractivity (Wildman–Crippen MR) is 65.4 cm³/mol. The van der Waals surface area contributed by atoms with E-state index in [9.17, 15) is 0 Å². The van der Waals surface area contributed by atoms with Crippen LogP contribution in [0.2, 0.25) is 0 Å². The van der Waals surface area contributed by atoms with Crippen molar-refractivity contribution in [3.63, 3.8) is 0 Å². The molecule has 2 aromatic rings. The fourth-order valence-corrected chi connectivity index (χ4v) is 3.00. The summed E-state index contributed by atoms with van der Waals surface area (Å²) in [7, 11) is 1.96. The van der Waals surface area contributed by atoms with E-state index in [0.717, 1.165) is 10.9 Å². The number of hydrogen-bond acceptors (Lipinski definition) is 4. The highest BCUT2D eigenvalue weighted by Crippen LogP contribution is 2.31. The number of benzene rings is 1. The summed E-state index contributed by atoms with van der Waals surface area (Å²) in [5.41, 5.74) is 1.32. The van der Waals surface area contributed by atoms with Gasteiger partial charge in [-0.2, -0.15) is 0 Å². The second-order valence-corrected chi connectivity index (χ2v) is 5.22. The molecule has 78 valence electrons. The van der Waals surface area contributed by atoms with Gasteiger partial charge in [0.15, 0.2) is 4.34 Å². The molecule has 0 bridgehead atoms. The lowest BCUT2D eigenvalue weighted by Gasteiger charge is -2.06. The molecule has 1 N–H and O–H groups in total. The maximum absolute atomic E-state index is 4.27. The van der Waals surface area contributed by atoms with Crippen LogP contribution < -0.4 is 5.32 Å². The lowest BCUT2D eigenvalue weighted by atomic mass is 10.2. The Labute approximate surface area is 97.8 Å². The molecule has 0 saturated heterocycles. The number of aromatic nitrogens is 1. The fraction of sp³-hybridized carbons (Fsp3) is 0.182. The first-order valence-corrected chi connectivity index (χ1v) is 6.39. The lowest BCUT2D eigenvalue weighted by molar-refractivity contribution is 0.803. The minimum Gasteiger partial charge on any atom is -0.316 e. The molecule has 0 atom stereocenters. The number of hydrogen-bond donors (Lipinski definition) is 1. The van der Waals surface area contributed by atoms with Crippen LogP contribution in [0.1, 0.15) is 5.56 Å². The van der Waals surface area contributed by atoms with Crippen LogP contribution in [0.5, 0.6) is 0 Å². The molecule has 0 radical (unpaired) electrons. The van der Waals surface area contributed by atoms with Crippen molar-refractivity contribution < 1.29 is 0 Å². The molecule has 15 heavy (non-hydrogen) atoms. The van der Waals surface area contributed by atoms with E-state index in [1.165, 1.54) is 10.5 Å². The number of rotatable bonds is 4. The van der Waals surface area contributed by atoms with Gasteiger partial charge in [-0.05, 0) is 18.7 Å². The Balaban J connectivity index is 2.20. The molecule has 1 aromatic heterocycles. The second-order valence-electron chi connectivity index (χ2n) is 3.04. The van der Waals surface area contributed by atoms with Crippen molar-refractivity contribution in [2.24, 2.45) is 0 Å². The first kappa shape index (κ1) is 10.7. The van der Waals surface area contributed by atoms with Crippen molar-refractivity contribution in [2.45, 2.75) is 15.8 Å². The number of thiazole rings is 1. The molecule has 0 unspecified atom stereocenters. The Morgan fingerprint density at radius 1 is 1.40 bits per heavy atom. The van der Waals surface area contributed by atoms with Gasteiger partial charge < -0.3 is 5.32 Å². The van der Waals surface area contributed by atoms with Gasteiger partial charge in [0.2, 0.25) is 0 Å². The van der Waals surface area contributed by atoms with Gasteiger partial charge in [0.25, 0.3) is 0 Å². The molecular weight excluding hydrogens is 224 g/mol. The molecule has 4 heteroatoms. The molecule has 1 heterocycles. The van der Waals surface area contributed by atoms with E-state index < -0.39 is 0 Å². The van der Waals surface area contributed by atoms with E-state index in [1.54, 1.807) is 23.1 Å². The van der Waals surface area contributed by atoms with E-state index in [0.29, 0.717) is 0 Å².